The molecule has 0 N–H and O–H groups in total. The molecule has 4 nitrogen and oxygen atoms in total. The van der Waals surface area contributed by atoms with Gasteiger partial charge in [-0.3, -0.25) is 0 Å². The van der Waals surface area contributed by atoms with Gasteiger partial charge in [-0.15, -0.1) is 10.2 Å². The Morgan fingerprint density at radius 2 is 2.00 bits per heavy atom. The Kier molecular flexibility index (Phi) is 3.50. The Morgan fingerprint density at radius 1 is 1.31 bits per heavy atom. The van der Waals surface area contributed by atoms with Crippen LogP contribution in [0.1, 0.15) is 26.7 Å². The largest absolute Gasteiger partial charge is 0.351 e. The van der Waals surface area contributed by atoms with E-state index in [1.54, 1.807) is 0 Å². The second-order valence-corrected chi connectivity index (χ2v) is 5.08. The second kappa shape index (κ2) is 4.72. The Morgan fingerprint density at radius 3 is 2.56 bits per heavy atom. The molecule has 1 fully saturated rings. The lowest BCUT2D eigenvalue weighted by Gasteiger charge is -2.27. The molecule has 1 aromatic rings. The molecule has 2 rings (SSSR count). The van der Waals surface area contributed by atoms with E-state index in [1.807, 2.05) is 0 Å². The van der Waals surface area contributed by atoms with Crippen molar-refractivity contribution in [2.24, 2.45) is 5.92 Å². The molecule has 16 heavy (non-hydrogen) atoms. The fourth-order valence-corrected chi connectivity index (χ4v) is 1.90. The third-order valence-corrected chi connectivity index (χ3v) is 3.05. The number of nitrogens with zero attached hydrogens (tertiary/aromatic N) is 4. The molecule has 0 aliphatic heterocycles. The van der Waals surface area contributed by atoms with Crippen LogP contribution in [0.3, 0.4) is 0 Å². The molecule has 6 heteroatoms. The maximum Gasteiger partial charge on any atom is 0.245 e. The van der Waals surface area contributed by atoms with Crippen LogP contribution >= 0.6 is 23.2 Å². The lowest BCUT2D eigenvalue weighted by atomic mass is 10.3. The lowest BCUT2D eigenvalue weighted by molar-refractivity contribution is 0.633. The van der Waals surface area contributed by atoms with Crippen LogP contribution in [0.4, 0.5) is 5.82 Å². The summed E-state index contributed by atoms with van der Waals surface area (Å²) in [6, 6.07) is 0.325. The number of anilines is 1. The first-order valence-corrected chi connectivity index (χ1v) is 6.16. The van der Waals surface area contributed by atoms with Crippen LogP contribution in [-0.2, 0) is 0 Å². The summed E-state index contributed by atoms with van der Waals surface area (Å²) >= 11 is 11.8. The van der Waals surface area contributed by atoms with Crippen LogP contribution in [0.25, 0.3) is 0 Å². The predicted molar refractivity (Wildman–Crippen MR) is 65.1 cm³/mol. The fraction of sp³-hybridized carbons (Fsp3) is 0.700. The molecule has 0 radical (unpaired) electrons. The van der Waals surface area contributed by atoms with Crippen molar-refractivity contribution >= 4 is 29.0 Å². The quantitative estimate of drug-likeness (QED) is 0.835. The first-order chi connectivity index (χ1) is 7.58. The van der Waals surface area contributed by atoms with E-state index < -0.39 is 0 Å². The average molecular weight is 261 g/mol. The van der Waals surface area contributed by atoms with Gasteiger partial charge < -0.3 is 4.90 Å². The van der Waals surface area contributed by atoms with Gasteiger partial charge in [0.1, 0.15) is 0 Å². The summed E-state index contributed by atoms with van der Waals surface area (Å²) in [5.41, 5.74) is 0. The first kappa shape index (κ1) is 11.9. The van der Waals surface area contributed by atoms with Gasteiger partial charge in [-0.2, -0.15) is 4.98 Å². The van der Waals surface area contributed by atoms with Crippen molar-refractivity contribution in [3.8, 4) is 0 Å². The number of halogens is 2. The fourth-order valence-electron chi connectivity index (χ4n) is 1.59. The molecule has 0 unspecified atom stereocenters. The summed E-state index contributed by atoms with van der Waals surface area (Å²) in [5, 5.41) is 7.87. The molecule has 0 spiro atoms. The minimum Gasteiger partial charge on any atom is -0.351 e. The van der Waals surface area contributed by atoms with Crippen LogP contribution in [-0.4, -0.2) is 27.8 Å². The Hall–Kier alpha value is -0.610. The predicted octanol–water partition coefficient (Wildman–Crippen LogP) is 2.80. The van der Waals surface area contributed by atoms with Gasteiger partial charge in [-0.25, -0.2) is 0 Å². The third-order valence-electron chi connectivity index (χ3n) is 2.65. The normalized spacial score (nSPS) is 15.6. The van der Waals surface area contributed by atoms with E-state index in [0.29, 0.717) is 17.0 Å². The number of rotatable bonds is 4. The Bertz CT molecular complexity index is 379. The van der Waals surface area contributed by atoms with Gasteiger partial charge in [-0.1, -0.05) is 11.6 Å². The zero-order valence-corrected chi connectivity index (χ0v) is 10.8. The van der Waals surface area contributed by atoms with E-state index in [2.05, 4.69) is 33.9 Å². The van der Waals surface area contributed by atoms with Crippen molar-refractivity contribution < 1.29 is 0 Å². The van der Waals surface area contributed by atoms with Crippen molar-refractivity contribution in [2.45, 2.75) is 32.7 Å². The summed E-state index contributed by atoms with van der Waals surface area (Å²) in [7, 11) is 0. The zero-order chi connectivity index (χ0) is 11.7. The van der Waals surface area contributed by atoms with Crippen molar-refractivity contribution in [3.05, 3.63) is 10.4 Å². The van der Waals surface area contributed by atoms with Gasteiger partial charge in [-0.05, 0) is 44.2 Å². The van der Waals surface area contributed by atoms with Crippen molar-refractivity contribution in [1.29, 1.82) is 0 Å². The molecule has 0 amide bonds. The molecule has 88 valence electrons. The molecular formula is C10H14Cl2N4. The molecule has 1 aliphatic carbocycles. The molecule has 1 aromatic heterocycles. The molecule has 0 bridgehead atoms. The van der Waals surface area contributed by atoms with E-state index in [4.69, 9.17) is 23.2 Å². The molecule has 0 saturated heterocycles. The summed E-state index contributed by atoms with van der Waals surface area (Å²) < 4.78 is 0. The van der Waals surface area contributed by atoms with Gasteiger partial charge in [0, 0.05) is 12.6 Å². The number of hydrogen-bond acceptors (Lipinski definition) is 4. The van der Waals surface area contributed by atoms with E-state index in [-0.39, 0.29) is 5.28 Å². The zero-order valence-electron chi connectivity index (χ0n) is 9.32. The van der Waals surface area contributed by atoms with Crippen LogP contribution in [0.5, 0.6) is 0 Å². The van der Waals surface area contributed by atoms with Crippen LogP contribution in [0.15, 0.2) is 0 Å². The van der Waals surface area contributed by atoms with Crippen molar-refractivity contribution in [3.63, 3.8) is 0 Å². The highest BCUT2D eigenvalue weighted by atomic mass is 35.5. The van der Waals surface area contributed by atoms with E-state index >= 15 is 0 Å². The lowest BCUT2D eigenvalue weighted by Crippen LogP contribution is -2.34. The highest BCUT2D eigenvalue weighted by Gasteiger charge is 2.27. The molecule has 0 aromatic carbocycles. The minimum absolute atomic E-state index is 0.140. The van der Waals surface area contributed by atoms with E-state index in [1.165, 1.54) is 12.8 Å². The molecule has 1 heterocycles. The van der Waals surface area contributed by atoms with Gasteiger partial charge in [0.25, 0.3) is 0 Å². The van der Waals surface area contributed by atoms with Gasteiger partial charge in [0.2, 0.25) is 5.28 Å². The molecule has 1 saturated carbocycles. The highest BCUT2D eigenvalue weighted by molar-refractivity contribution is 6.32. The average Bonchev–Trinajstić information content (AvgIpc) is 3.02. The third kappa shape index (κ3) is 2.74. The van der Waals surface area contributed by atoms with E-state index in [9.17, 15) is 0 Å². The van der Waals surface area contributed by atoms with Gasteiger partial charge >= 0.3 is 0 Å². The standard InChI is InChI=1S/C10H14Cl2N4/c1-6(2)16(5-7-3-4-7)9-8(11)14-15-10(12)13-9/h6-7H,3-5H2,1-2H3. The summed E-state index contributed by atoms with van der Waals surface area (Å²) in [4.78, 5) is 6.30. The second-order valence-electron chi connectivity index (χ2n) is 4.38. The number of aromatic nitrogens is 3. The number of hydrogen-bond donors (Lipinski definition) is 0. The molecule has 0 atom stereocenters. The smallest absolute Gasteiger partial charge is 0.245 e. The monoisotopic (exact) mass is 260 g/mol. The van der Waals surface area contributed by atoms with Gasteiger partial charge in [0.15, 0.2) is 11.0 Å². The Labute approximate surface area is 105 Å². The summed E-state index contributed by atoms with van der Waals surface area (Å²) in [6.07, 6.45) is 2.57. The topological polar surface area (TPSA) is 41.9 Å². The maximum absolute atomic E-state index is 6.00. The van der Waals surface area contributed by atoms with E-state index in [0.717, 1.165) is 12.5 Å². The maximum atomic E-state index is 6.00. The van der Waals surface area contributed by atoms with Crippen LogP contribution in [0, 0.1) is 5.92 Å². The molecular weight excluding hydrogens is 247 g/mol. The summed E-state index contributed by atoms with van der Waals surface area (Å²) in [6.45, 7) is 5.18. The summed E-state index contributed by atoms with van der Waals surface area (Å²) in [5.74, 6) is 1.40. The highest BCUT2D eigenvalue weighted by Crippen LogP contribution is 2.33. The van der Waals surface area contributed by atoms with Crippen LogP contribution < -0.4 is 4.90 Å². The first-order valence-electron chi connectivity index (χ1n) is 5.40. The van der Waals surface area contributed by atoms with Crippen LogP contribution in [0.2, 0.25) is 10.4 Å². The SMILES string of the molecule is CC(C)N(CC1CC1)c1nc(Cl)nnc1Cl. The minimum atomic E-state index is 0.140. The van der Waals surface area contributed by atoms with Crippen molar-refractivity contribution in [2.75, 3.05) is 11.4 Å². The molecule has 1 aliphatic rings. The Balaban J connectivity index is 2.25. The van der Waals surface area contributed by atoms with Gasteiger partial charge in [0.05, 0.1) is 0 Å². The van der Waals surface area contributed by atoms with Crippen molar-refractivity contribution in [1.82, 2.24) is 15.2 Å².